The van der Waals surface area contributed by atoms with Crippen molar-refractivity contribution in [3.63, 3.8) is 0 Å². The lowest BCUT2D eigenvalue weighted by Crippen LogP contribution is -2.17. The molecular formula is C19H20N2O4. The standard InChI is InChI=1S/C19H20N2O4/c1-23-16-8-5-14(6-9-16)3-2-4-19(22)21-20-12-15-7-10-17-18(11-15)25-13-24-17/h5-12H,2-4,13H2,1H3,(H,21,22)/b20-12-. The number of carbonyl (C=O) groups excluding carboxylic acids is 1. The summed E-state index contributed by atoms with van der Waals surface area (Å²) in [4.78, 5) is 11.8. The van der Waals surface area contributed by atoms with E-state index in [0.29, 0.717) is 12.2 Å². The lowest BCUT2D eigenvalue weighted by atomic mass is 10.1. The van der Waals surface area contributed by atoms with Crippen molar-refractivity contribution in [2.75, 3.05) is 13.9 Å². The Bertz CT molecular complexity index is 757. The fraction of sp³-hybridized carbons (Fsp3) is 0.263. The smallest absolute Gasteiger partial charge is 0.240 e. The number of rotatable bonds is 7. The van der Waals surface area contributed by atoms with Gasteiger partial charge < -0.3 is 14.2 Å². The van der Waals surface area contributed by atoms with Gasteiger partial charge in [0.15, 0.2) is 11.5 Å². The fourth-order valence-corrected chi connectivity index (χ4v) is 2.47. The lowest BCUT2D eigenvalue weighted by molar-refractivity contribution is -0.121. The van der Waals surface area contributed by atoms with Gasteiger partial charge >= 0.3 is 0 Å². The molecular weight excluding hydrogens is 320 g/mol. The average molecular weight is 340 g/mol. The Morgan fingerprint density at radius 1 is 1.20 bits per heavy atom. The monoisotopic (exact) mass is 340 g/mol. The first-order chi connectivity index (χ1) is 12.2. The molecule has 2 aromatic rings. The van der Waals surface area contributed by atoms with Crippen LogP contribution in [-0.4, -0.2) is 26.0 Å². The number of hydrazone groups is 1. The lowest BCUT2D eigenvalue weighted by Gasteiger charge is -2.03. The van der Waals surface area contributed by atoms with Crippen molar-refractivity contribution in [1.29, 1.82) is 0 Å². The maximum atomic E-state index is 11.8. The van der Waals surface area contributed by atoms with E-state index in [1.165, 1.54) is 5.56 Å². The molecule has 1 aliphatic rings. The van der Waals surface area contributed by atoms with Crippen LogP contribution in [0.1, 0.15) is 24.0 Å². The Balaban J connectivity index is 1.40. The number of carbonyl (C=O) groups is 1. The van der Waals surface area contributed by atoms with E-state index in [1.54, 1.807) is 13.3 Å². The zero-order valence-corrected chi connectivity index (χ0v) is 14.0. The average Bonchev–Trinajstić information content (AvgIpc) is 3.10. The first-order valence-electron chi connectivity index (χ1n) is 8.09. The number of benzene rings is 2. The maximum Gasteiger partial charge on any atom is 0.240 e. The molecule has 0 saturated carbocycles. The third kappa shape index (κ3) is 4.73. The number of aryl methyl sites for hydroxylation is 1. The largest absolute Gasteiger partial charge is 0.497 e. The van der Waals surface area contributed by atoms with Crippen molar-refractivity contribution in [3.05, 3.63) is 53.6 Å². The molecule has 1 amide bonds. The van der Waals surface area contributed by atoms with Gasteiger partial charge in [-0.05, 0) is 54.3 Å². The maximum absolute atomic E-state index is 11.8. The molecule has 0 bridgehead atoms. The van der Waals surface area contributed by atoms with Crippen LogP contribution in [0, 0.1) is 0 Å². The molecule has 0 aliphatic carbocycles. The van der Waals surface area contributed by atoms with E-state index in [2.05, 4.69) is 10.5 Å². The Morgan fingerprint density at radius 2 is 2.00 bits per heavy atom. The van der Waals surface area contributed by atoms with Gasteiger partial charge in [-0.3, -0.25) is 4.79 Å². The molecule has 2 aromatic carbocycles. The molecule has 0 aromatic heterocycles. The van der Waals surface area contributed by atoms with Gasteiger partial charge in [0.25, 0.3) is 0 Å². The highest BCUT2D eigenvalue weighted by molar-refractivity contribution is 5.83. The number of nitrogens with zero attached hydrogens (tertiary/aromatic N) is 1. The molecule has 3 rings (SSSR count). The van der Waals surface area contributed by atoms with Gasteiger partial charge in [0.05, 0.1) is 13.3 Å². The molecule has 6 nitrogen and oxygen atoms in total. The van der Waals surface area contributed by atoms with Gasteiger partial charge in [-0.1, -0.05) is 12.1 Å². The minimum Gasteiger partial charge on any atom is -0.497 e. The van der Waals surface area contributed by atoms with Gasteiger partial charge in [0, 0.05) is 6.42 Å². The van der Waals surface area contributed by atoms with Gasteiger partial charge in [0.2, 0.25) is 12.7 Å². The fourth-order valence-electron chi connectivity index (χ4n) is 2.47. The number of hydrogen-bond acceptors (Lipinski definition) is 5. The van der Waals surface area contributed by atoms with Crippen molar-refractivity contribution in [1.82, 2.24) is 5.43 Å². The first kappa shape index (κ1) is 16.8. The molecule has 0 saturated heterocycles. The van der Waals surface area contributed by atoms with E-state index in [4.69, 9.17) is 14.2 Å². The van der Waals surface area contributed by atoms with Crippen LogP contribution in [0.5, 0.6) is 17.2 Å². The Labute approximate surface area is 146 Å². The predicted molar refractivity (Wildman–Crippen MR) is 94.2 cm³/mol. The molecule has 0 radical (unpaired) electrons. The van der Waals surface area contributed by atoms with Crippen LogP contribution in [0.3, 0.4) is 0 Å². The Morgan fingerprint density at radius 3 is 2.80 bits per heavy atom. The molecule has 130 valence electrons. The summed E-state index contributed by atoms with van der Waals surface area (Å²) in [6.45, 7) is 0.237. The second-order valence-corrected chi connectivity index (χ2v) is 5.61. The minimum absolute atomic E-state index is 0.106. The summed E-state index contributed by atoms with van der Waals surface area (Å²) in [5.74, 6) is 2.14. The molecule has 6 heteroatoms. The number of fused-ring (bicyclic) bond motifs is 1. The number of methoxy groups -OCH3 is 1. The molecule has 1 aliphatic heterocycles. The van der Waals surface area contributed by atoms with Crippen LogP contribution in [0.25, 0.3) is 0 Å². The van der Waals surface area contributed by atoms with Crippen LogP contribution >= 0.6 is 0 Å². The second kappa shape index (κ2) is 8.19. The number of hydrogen-bond donors (Lipinski definition) is 1. The second-order valence-electron chi connectivity index (χ2n) is 5.61. The molecule has 0 atom stereocenters. The van der Waals surface area contributed by atoms with Crippen molar-refractivity contribution in [2.45, 2.75) is 19.3 Å². The minimum atomic E-state index is -0.106. The summed E-state index contributed by atoms with van der Waals surface area (Å²) in [6.07, 6.45) is 3.61. The van der Waals surface area contributed by atoms with Crippen LogP contribution in [-0.2, 0) is 11.2 Å². The summed E-state index contributed by atoms with van der Waals surface area (Å²) >= 11 is 0. The first-order valence-corrected chi connectivity index (χ1v) is 8.09. The van der Waals surface area contributed by atoms with Crippen molar-refractivity contribution < 1.29 is 19.0 Å². The molecule has 1 N–H and O–H groups in total. The summed E-state index contributed by atoms with van der Waals surface area (Å²) in [5, 5.41) is 3.98. The summed E-state index contributed by atoms with van der Waals surface area (Å²) < 4.78 is 15.7. The molecule has 25 heavy (non-hydrogen) atoms. The van der Waals surface area contributed by atoms with E-state index in [9.17, 15) is 4.79 Å². The topological polar surface area (TPSA) is 69.2 Å². The summed E-state index contributed by atoms with van der Waals surface area (Å²) in [5.41, 5.74) is 4.56. The summed E-state index contributed by atoms with van der Waals surface area (Å²) in [7, 11) is 1.64. The predicted octanol–water partition coefficient (Wildman–Crippen LogP) is 2.90. The van der Waals surface area contributed by atoms with E-state index in [1.807, 2.05) is 42.5 Å². The number of amides is 1. The Hall–Kier alpha value is -3.02. The zero-order chi connectivity index (χ0) is 17.5. The highest BCUT2D eigenvalue weighted by Gasteiger charge is 2.12. The van der Waals surface area contributed by atoms with Gasteiger partial charge in [-0.25, -0.2) is 5.43 Å². The third-order valence-corrected chi connectivity index (χ3v) is 3.83. The van der Waals surface area contributed by atoms with E-state index < -0.39 is 0 Å². The van der Waals surface area contributed by atoms with Crippen molar-refractivity contribution >= 4 is 12.1 Å². The third-order valence-electron chi connectivity index (χ3n) is 3.83. The van der Waals surface area contributed by atoms with E-state index >= 15 is 0 Å². The van der Waals surface area contributed by atoms with E-state index in [0.717, 1.165) is 29.9 Å². The van der Waals surface area contributed by atoms with Crippen LogP contribution < -0.4 is 19.6 Å². The Kier molecular flexibility index (Phi) is 5.51. The summed E-state index contributed by atoms with van der Waals surface area (Å²) in [6, 6.07) is 13.4. The normalized spacial score (nSPS) is 12.4. The molecule has 0 unspecified atom stereocenters. The number of nitrogens with one attached hydrogen (secondary N) is 1. The van der Waals surface area contributed by atoms with Crippen LogP contribution in [0.4, 0.5) is 0 Å². The van der Waals surface area contributed by atoms with Crippen LogP contribution in [0.15, 0.2) is 47.6 Å². The molecule has 0 fully saturated rings. The van der Waals surface area contributed by atoms with E-state index in [-0.39, 0.29) is 12.7 Å². The highest BCUT2D eigenvalue weighted by Crippen LogP contribution is 2.31. The molecule has 1 heterocycles. The molecule has 0 spiro atoms. The number of ether oxygens (including phenoxy) is 3. The quantitative estimate of drug-likeness (QED) is 0.621. The zero-order valence-electron chi connectivity index (χ0n) is 14.0. The van der Waals surface area contributed by atoms with Crippen molar-refractivity contribution in [3.8, 4) is 17.2 Å². The van der Waals surface area contributed by atoms with Gasteiger partial charge in [0.1, 0.15) is 5.75 Å². The van der Waals surface area contributed by atoms with Crippen LogP contribution in [0.2, 0.25) is 0 Å². The SMILES string of the molecule is COc1ccc(CCCC(=O)N/N=C\c2ccc3c(c2)OCO3)cc1. The van der Waals surface area contributed by atoms with Gasteiger partial charge in [-0.15, -0.1) is 0 Å². The highest BCUT2D eigenvalue weighted by atomic mass is 16.7. The van der Waals surface area contributed by atoms with Gasteiger partial charge in [-0.2, -0.15) is 5.10 Å². The van der Waals surface area contributed by atoms with Crippen molar-refractivity contribution in [2.24, 2.45) is 5.10 Å².